The molecule has 0 spiro atoms. The van der Waals surface area contributed by atoms with E-state index in [-0.39, 0.29) is 0 Å². The number of nitrogens with zero attached hydrogens (tertiary/aromatic N) is 2. The molecule has 3 aromatic rings. The number of carbonyl (C=O) groups excluding carboxylic acids is 1. The lowest BCUT2D eigenvalue weighted by Crippen LogP contribution is -2.30. The molecule has 0 fully saturated rings. The number of fused-ring (bicyclic) bond motifs is 1. The fourth-order valence-corrected chi connectivity index (χ4v) is 3.70. The van der Waals surface area contributed by atoms with E-state index in [0.717, 1.165) is 51.0 Å². The Hall–Kier alpha value is -2.19. The minimum atomic E-state index is -0.483. The lowest BCUT2D eigenvalue weighted by molar-refractivity contribution is 0.249. The Kier molecular flexibility index (Phi) is 5.83. The Labute approximate surface area is 158 Å². The van der Waals surface area contributed by atoms with E-state index in [1.165, 1.54) is 0 Å². The molecule has 4 N–H and O–H groups in total. The van der Waals surface area contributed by atoms with Crippen LogP contribution in [0.25, 0.3) is 21.3 Å². The van der Waals surface area contributed by atoms with Crippen molar-refractivity contribution in [3.05, 3.63) is 40.4 Å². The fourth-order valence-electron chi connectivity index (χ4n) is 2.52. The number of thiophene rings is 1. The standard InChI is InChI=1S/C17H18BrN5OS/c18-12-5-3-11(4-6-12)13-9-25-16-14(13)15(22-10-23-16)20-7-1-2-8-21-17(19)24/h3-6,9-10H,1-2,7-8H2,(H3,19,21,24)(H,20,22,23). The summed E-state index contributed by atoms with van der Waals surface area (Å²) in [5.74, 6) is 0.840. The molecule has 0 bridgehead atoms. The fraction of sp³-hybridized carbons (Fsp3) is 0.235. The second kappa shape index (κ2) is 8.26. The first-order valence-electron chi connectivity index (χ1n) is 7.90. The molecule has 0 aliphatic rings. The molecule has 2 amide bonds. The highest BCUT2D eigenvalue weighted by molar-refractivity contribution is 9.10. The number of aromatic nitrogens is 2. The largest absolute Gasteiger partial charge is 0.369 e. The van der Waals surface area contributed by atoms with Gasteiger partial charge in [0, 0.05) is 28.5 Å². The van der Waals surface area contributed by atoms with Crippen LogP contribution in [0.2, 0.25) is 0 Å². The molecule has 8 heteroatoms. The Morgan fingerprint density at radius 1 is 1.16 bits per heavy atom. The molecule has 3 rings (SSSR count). The van der Waals surface area contributed by atoms with Crippen molar-refractivity contribution in [1.29, 1.82) is 0 Å². The summed E-state index contributed by atoms with van der Waals surface area (Å²) in [4.78, 5) is 20.4. The smallest absolute Gasteiger partial charge is 0.312 e. The number of carbonyl (C=O) groups is 1. The maximum absolute atomic E-state index is 10.6. The van der Waals surface area contributed by atoms with Gasteiger partial charge in [-0.2, -0.15) is 0 Å². The van der Waals surface area contributed by atoms with Crippen molar-refractivity contribution in [3.63, 3.8) is 0 Å². The number of unbranched alkanes of at least 4 members (excludes halogenated alkanes) is 1. The third-order valence-corrected chi connectivity index (χ3v) is 5.14. The predicted octanol–water partition coefficient (Wildman–Crippen LogP) is 3.98. The first kappa shape index (κ1) is 17.6. The molecule has 6 nitrogen and oxygen atoms in total. The van der Waals surface area contributed by atoms with Gasteiger partial charge in [0.1, 0.15) is 17.0 Å². The molecule has 0 unspecified atom stereocenters. The quantitative estimate of drug-likeness (QED) is 0.504. The summed E-state index contributed by atoms with van der Waals surface area (Å²) in [6.07, 6.45) is 3.35. The second-order valence-electron chi connectivity index (χ2n) is 5.48. The van der Waals surface area contributed by atoms with Gasteiger partial charge in [0.15, 0.2) is 0 Å². The van der Waals surface area contributed by atoms with Gasteiger partial charge in [-0.1, -0.05) is 28.1 Å². The Bertz CT molecular complexity index is 865. The van der Waals surface area contributed by atoms with Gasteiger partial charge < -0.3 is 16.4 Å². The lowest BCUT2D eigenvalue weighted by atomic mass is 10.1. The third-order valence-electron chi connectivity index (χ3n) is 3.72. The number of primary amides is 1. The van der Waals surface area contributed by atoms with Crippen LogP contribution in [0.4, 0.5) is 10.6 Å². The Morgan fingerprint density at radius 2 is 1.92 bits per heavy atom. The molecule has 0 atom stereocenters. The van der Waals surface area contributed by atoms with Gasteiger partial charge in [-0.3, -0.25) is 0 Å². The van der Waals surface area contributed by atoms with Crippen molar-refractivity contribution >= 4 is 49.3 Å². The predicted molar refractivity (Wildman–Crippen MR) is 106 cm³/mol. The van der Waals surface area contributed by atoms with E-state index in [9.17, 15) is 4.79 Å². The number of rotatable bonds is 7. The number of benzene rings is 1. The van der Waals surface area contributed by atoms with Gasteiger partial charge in [0.25, 0.3) is 0 Å². The minimum absolute atomic E-state index is 0.483. The van der Waals surface area contributed by atoms with Crippen molar-refractivity contribution < 1.29 is 4.79 Å². The number of nitrogens with two attached hydrogens (primary N) is 1. The molecular formula is C17H18BrN5OS. The molecule has 0 radical (unpaired) electrons. The summed E-state index contributed by atoms with van der Waals surface area (Å²) in [7, 11) is 0. The summed E-state index contributed by atoms with van der Waals surface area (Å²) in [5.41, 5.74) is 7.31. The van der Waals surface area contributed by atoms with Crippen LogP contribution < -0.4 is 16.4 Å². The maximum Gasteiger partial charge on any atom is 0.312 e. The van der Waals surface area contributed by atoms with Gasteiger partial charge >= 0.3 is 6.03 Å². The summed E-state index contributed by atoms with van der Waals surface area (Å²) in [5, 5.41) is 9.14. The van der Waals surface area contributed by atoms with Crippen molar-refractivity contribution in [2.24, 2.45) is 5.73 Å². The van der Waals surface area contributed by atoms with Crippen molar-refractivity contribution in [3.8, 4) is 11.1 Å². The Balaban J connectivity index is 1.73. The summed E-state index contributed by atoms with van der Waals surface area (Å²) >= 11 is 5.08. The summed E-state index contributed by atoms with van der Waals surface area (Å²) in [6, 6.07) is 7.74. The van der Waals surface area contributed by atoms with Crippen molar-refractivity contribution in [1.82, 2.24) is 15.3 Å². The van der Waals surface area contributed by atoms with Gasteiger partial charge in [0.05, 0.1) is 5.39 Å². The van der Waals surface area contributed by atoms with E-state index < -0.39 is 6.03 Å². The first-order valence-corrected chi connectivity index (χ1v) is 9.58. The Morgan fingerprint density at radius 3 is 2.68 bits per heavy atom. The number of hydrogen-bond donors (Lipinski definition) is 3. The number of nitrogens with one attached hydrogen (secondary N) is 2. The maximum atomic E-state index is 10.6. The first-order chi connectivity index (χ1) is 12.1. The van der Waals surface area contributed by atoms with Crippen LogP contribution in [0, 0.1) is 0 Å². The number of urea groups is 1. The zero-order valence-corrected chi connectivity index (χ0v) is 15.9. The lowest BCUT2D eigenvalue weighted by Gasteiger charge is -2.08. The monoisotopic (exact) mass is 419 g/mol. The van der Waals surface area contributed by atoms with Crippen LogP contribution in [-0.2, 0) is 0 Å². The highest BCUT2D eigenvalue weighted by Gasteiger charge is 2.12. The van der Waals surface area contributed by atoms with E-state index >= 15 is 0 Å². The van der Waals surface area contributed by atoms with Crippen LogP contribution in [0.15, 0.2) is 40.4 Å². The van der Waals surface area contributed by atoms with Gasteiger partial charge in [-0.25, -0.2) is 14.8 Å². The third kappa shape index (κ3) is 4.46. The summed E-state index contributed by atoms with van der Waals surface area (Å²) in [6.45, 7) is 1.35. The van der Waals surface area contributed by atoms with Crippen molar-refractivity contribution in [2.45, 2.75) is 12.8 Å². The molecule has 25 heavy (non-hydrogen) atoms. The molecule has 0 aliphatic heterocycles. The van der Waals surface area contributed by atoms with E-state index in [2.05, 4.69) is 54.0 Å². The summed E-state index contributed by atoms with van der Waals surface area (Å²) < 4.78 is 1.05. The van der Waals surface area contributed by atoms with Crippen LogP contribution in [0.1, 0.15) is 12.8 Å². The molecule has 2 heterocycles. The van der Waals surface area contributed by atoms with Crippen LogP contribution in [0.3, 0.4) is 0 Å². The van der Waals surface area contributed by atoms with E-state index in [0.29, 0.717) is 6.54 Å². The van der Waals surface area contributed by atoms with Gasteiger partial charge in [-0.15, -0.1) is 11.3 Å². The second-order valence-corrected chi connectivity index (χ2v) is 7.26. The normalized spacial score (nSPS) is 10.8. The highest BCUT2D eigenvalue weighted by Crippen LogP contribution is 2.36. The molecule has 0 saturated carbocycles. The van der Waals surface area contributed by atoms with Crippen molar-refractivity contribution in [2.75, 3.05) is 18.4 Å². The minimum Gasteiger partial charge on any atom is -0.369 e. The average Bonchev–Trinajstić information content (AvgIpc) is 3.03. The van der Waals surface area contributed by atoms with Gasteiger partial charge in [-0.05, 0) is 30.5 Å². The van der Waals surface area contributed by atoms with Crippen LogP contribution >= 0.6 is 27.3 Å². The topological polar surface area (TPSA) is 92.9 Å². The molecule has 0 aliphatic carbocycles. The number of halogens is 1. The number of amides is 2. The van der Waals surface area contributed by atoms with Crippen LogP contribution in [-0.4, -0.2) is 29.1 Å². The SMILES string of the molecule is NC(=O)NCCCCNc1ncnc2scc(-c3ccc(Br)cc3)c12. The molecule has 2 aromatic heterocycles. The van der Waals surface area contributed by atoms with E-state index in [1.807, 2.05) is 12.1 Å². The average molecular weight is 420 g/mol. The number of hydrogen-bond acceptors (Lipinski definition) is 5. The zero-order chi connectivity index (χ0) is 17.6. The van der Waals surface area contributed by atoms with E-state index in [1.54, 1.807) is 17.7 Å². The molecule has 130 valence electrons. The van der Waals surface area contributed by atoms with Crippen LogP contribution in [0.5, 0.6) is 0 Å². The molecular weight excluding hydrogens is 402 g/mol. The molecule has 0 saturated heterocycles. The molecule has 1 aromatic carbocycles. The number of anilines is 1. The van der Waals surface area contributed by atoms with Gasteiger partial charge in [0.2, 0.25) is 0 Å². The zero-order valence-electron chi connectivity index (χ0n) is 13.5. The highest BCUT2D eigenvalue weighted by atomic mass is 79.9. The van der Waals surface area contributed by atoms with E-state index in [4.69, 9.17) is 5.73 Å².